The molecule has 1 saturated heterocycles. The number of morpholine rings is 1. The Morgan fingerprint density at radius 2 is 1.95 bits per heavy atom. The third-order valence-corrected chi connectivity index (χ3v) is 6.91. The van der Waals surface area contributed by atoms with E-state index in [1.165, 1.54) is 0 Å². The first kappa shape index (κ1) is 14.5. The molecule has 0 spiro atoms. The molecule has 1 aliphatic rings. The smallest absolute Gasteiger partial charge is 0.241 e. The van der Waals surface area contributed by atoms with E-state index in [4.69, 9.17) is 4.74 Å². The molecule has 0 N–H and O–H groups in total. The molecule has 3 rings (SSSR count). The normalized spacial score (nSPS) is 19.3. The molecule has 1 atom stereocenters. The van der Waals surface area contributed by atoms with Crippen LogP contribution in [0.3, 0.4) is 0 Å². The van der Waals surface area contributed by atoms with Crippen molar-refractivity contribution in [2.24, 2.45) is 0 Å². The highest BCUT2D eigenvalue weighted by atomic mass is 31.2. The average Bonchev–Trinajstić information content (AvgIpc) is 3.05. The Morgan fingerprint density at radius 3 is 2.62 bits per heavy atom. The van der Waals surface area contributed by atoms with Crippen LogP contribution < -0.4 is 10.9 Å². The first-order valence-electron chi connectivity index (χ1n) is 7.27. The summed E-state index contributed by atoms with van der Waals surface area (Å²) in [6.45, 7) is 5.37. The fraction of sp³-hybridized carbons (Fsp3) is 0.400. The summed E-state index contributed by atoms with van der Waals surface area (Å²) in [6, 6.07) is 9.68. The number of aromatic nitrogens is 2. The van der Waals surface area contributed by atoms with Crippen LogP contribution in [-0.4, -0.2) is 40.5 Å². The fourth-order valence-corrected chi connectivity index (χ4v) is 5.58. The van der Waals surface area contributed by atoms with Crippen LogP contribution in [0.2, 0.25) is 0 Å². The maximum atomic E-state index is 14.0. The molecule has 1 aliphatic heterocycles. The Morgan fingerprint density at radius 1 is 1.24 bits per heavy atom. The van der Waals surface area contributed by atoms with Gasteiger partial charge in [-0.15, -0.1) is 0 Å². The van der Waals surface area contributed by atoms with E-state index < -0.39 is 7.29 Å². The molecular formula is C15H20N3O2P. The monoisotopic (exact) mass is 305 g/mol. The zero-order chi connectivity index (χ0) is 14.7. The average molecular weight is 305 g/mol. The summed E-state index contributed by atoms with van der Waals surface area (Å²) in [5.41, 5.74) is 0.665. The fourth-order valence-electron chi connectivity index (χ4n) is 2.69. The Labute approximate surface area is 125 Å². The first-order valence-corrected chi connectivity index (χ1v) is 8.93. The van der Waals surface area contributed by atoms with E-state index in [0.29, 0.717) is 31.9 Å². The number of hydrogen-bond acceptors (Lipinski definition) is 3. The van der Waals surface area contributed by atoms with Gasteiger partial charge in [-0.3, -0.25) is 4.57 Å². The van der Waals surface area contributed by atoms with E-state index >= 15 is 0 Å². The van der Waals surface area contributed by atoms with Crippen LogP contribution in [0.1, 0.15) is 6.92 Å². The minimum Gasteiger partial charge on any atom is -0.379 e. The number of rotatable bonds is 4. The van der Waals surface area contributed by atoms with Crippen LogP contribution >= 0.6 is 7.29 Å². The zero-order valence-corrected chi connectivity index (χ0v) is 13.1. The predicted octanol–water partition coefficient (Wildman–Crippen LogP) is 1.46. The Kier molecular flexibility index (Phi) is 4.24. The van der Waals surface area contributed by atoms with Crippen molar-refractivity contribution in [3.8, 4) is 0 Å². The van der Waals surface area contributed by atoms with Crippen LogP contribution in [0.25, 0.3) is 0 Å². The van der Waals surface area contributed by atoms with Crippen molar-refractivity contribution in [2.75, 3.05) is 26.3 Å². The van der Waals surface area contributed by atoms with Gasteiger partial charge in [-0.25, -0.2) is 9.65 Å². The molecule has 0 unspecified atom stereocenters. The van der Waals surface area contributed by atoms with Crippen molar-refractivity contribution in [3.63, 3.8) is 0 Å². The Hall–Kier alpha value is -1.42. The van der Waals surface area contributed by atoms with Gasteiger partial charge in [-0.05, 0) is 19.1 Å². The number of benzene rings is 1. The van der Waals surface area contributed by atoms with Gasteiger partial charge in [0, 0.05) is 37.3 Å². The Balaban J connectivity index is 2.13. The highest BCUT2D eigenvalue weighted by Gasteiger charge is 2.38. The first-order chi connectivity index (χ1) is 10.3. The minimum absolute atomic E-state index is 0.615. The molecule has 1 aromatic heterocycles. The molecule has 0 amide bonds. The largest absolute Gasteiger partial charge is 0.379 e. The molecule has 2 heterocycles. The van der Waals surface area contributed by atoms with E-state index in [-0.39, 0.29) is 0 Å². The maximum absolute atomic E-state index is 14.0. The van der Waals surface area contributed by atoms with Crippen molar-refractivity contribution >= 4 is 18.2 Å². The van der Waals surface area contributed by atoms with Crippen LogP contribution in [0.15, 0.2) is 42.7 Å². The molecule has 5 nitrogen and oxygen atoms in total. The van der Waals surface area contributed by atoms with Gasteiger partial charge in [0.1, 0.15) is 0 Å². The highest BCUT2D eigenvalue weighted by Crippen LogP contribution is 2.47. The summed E-state index contributed by atoms with van der Waals surface area (Å²) < 4.78 is 23.4. The quantitative estimate of drug-likeness (QED) is 0.803. The number of imidazole rings is 1. The van der Waals surface area contributed by atoms with Crippen molar-refractivity contribution in [3.05, 3.63) is 42.7 Å². The number of aryl methyl sites for hydroxylation is 1. The third kappa shape index (κ3) is 2.57. The third-order valence-electron chi connectivity index (χ3n) is 3.80. The summed E-state index contributed by atoms with van der Waals surface area (Å²) in [7, 11) is -2.90. The summed E-state index contributed by atoms with van der Waals surface area (Å²) in [5, 5.41) is 0.841. The maximum Gasteiger partial charge on any atom is 0.241 e. The van der Waals surface area contributed by atoms with Crippen molar-refractivity contribution in [2.45, 2.75) is 13.5 Å². The number of ether oxygens (including phenoxy) is 1. The molecule has 1 fully saturated rings. The van der Waals surface area contributed by atoms with Gasteiger partial charge in [-0.1, -0.05) is 18.2 Å². The highest BCUT2D eigenvalue weighted by molar-refractivity contribution is 7.76. The molecule has 0 radical (unpaired) electrons. The molecular weight excluding hydrogens is 285 g/mol. The molecule has 112 valence electrons. The van der Waals surface area contributed by atoms with Gasteiger partial charge in [0.05, 0.1) is 13.2 Å². The lowest BCUT2D eigenvalue weighted by Crippen LogP contribution is -2.42. The number of hydrogen-bond donors (Lipinski definition) is 0. The molecule has 21 heavy (non-hydrogen) atoms. The second-order valence-corrected chi connectivity index (χ2v) is 7.63. The zero-order valence-electron chi connectivity index (χ0n) is 12.2. The van der Waals surface area contributed by atoms with Gasteiger partial charge >= 0.3 is 0 Å². The minimum atomic E-state index is -2.90. The van der Waals surface area contributed by atoms with E-state index in [0.717, 1.165) is 11.8 Å². The second kappa shape index (κ2) is 6.14. The molecule has 2 aromatic rings. The van der Waals surface area contributed by atoms with Crippen LogP contribution in [-0.2, 0) is 15.8 Å². The SMILES string of the molecule is CCn1ccnc1[P@](=O)(c1ccccc1)N1CCOCC1. The van der Waals surface area contributed by atoms with Crippen molar-refractivity contribution < 1.29 is 9.30 Å². The number of nitrogens with zero attached hydrogens (tertiary/aromatic N) is 3. The van der Waals surface area contributed by atoms with Gasteiger partial charge < -0.3 is 9.30 Å². The van der Waals surface area contributed by atoms with Gasteiger partial charge in [-0.2, -0.15) is 0 Å². The molecule has 0 bridgehead atoms. The molecule has 6 heteroatoms. The topological polar surface area (TPSA) is 47.4 Å². The van der Waals surface area contributed by atoms with Crippen molar-refractivity contribution in [1.29, 1.82) is 0 Å². The lowest BCUT2D eigenvalue weighted by molar-refractivity contribution is 0.0731. The van der Waals surface area contributed by atoms with Gasteiger partial charge in [0.25, 0.3) is 0 Å². The Bertz CT molecular complexity index is 635. The standard InChI is InChI=1S/C15H20N3O2P/c1-2-17-9-8-16-15(17)21(19,14-6-4-3-5-7-14)18-10-12-20-13-11-18/h3-9H,2,10-13H2,1H3/t21-/m1/s1. The van der Waals surface area contributed by atoms with Crippen LogP contribution in [0, 0.1) is 0 Å². The second-order valence-electron chi connectivity index (χ2n) is 4.99. The van der Waals surface area contributed by atoms with E-state index in [1.54, 1.807) is 6.20 Å². The van der Waals surface area contributed by atoms with E-state index in [9.17, 15) is 4.57 Å². The van der Waals surface area contributed by atoms with Crippen molar-refractivity contribution in [1.82, 2.24) is 14.2 Å². The van der Waals surface area contributed by atoms with Crippen LogP contribution in [0.4, 0.5) is 0 Å². The molecule has 1 aromatic carbocycles. The molecule has 0 aliphatic carbocycles. The summed E-state index contributed by atoms with van der Waals surface area (Å²) in [4.78, 5) is 4.43. The summed E-state index contributed by atoms with van der Waals surface area (Å²) in [5.74, 6) is 0. The van der Waals surface area contributed by atoms with Crippen LogP contribution in [0.5, 0.6) is 0 Å². The lowest BCUT2D eigenvalue weighted by Gasteiger charge is -2.34. The van der Waals surface area contributed by atoms with Gasteiger partial charge in [0.15, 0.2) is 5.57 Å². The van der Waals surface area contributed by atoms with E-state index in [1.807, 2.05) is 52.7 Å². The van der Waals surface area contributed by atoms with Gasteiger partial charge in [0.2, 0.25) is 7.29 Å². The lowest BCUT2D eigenvalue weighted by atomic mass is 10.4. The summed E-state index contributed by atoms with van der Waals surface area (Å²) >= 11 is 0. The summed E-state index contributed by atoms with van der Waals surface area (Å²) in [6.07, 6.45) is 3.63. The predicted molar refractivity (Wildman–Crippen MR) is 83.6 cm³/mol. The van der Waals surface area contributed by atoms with E-state index in [2.05, 4.69) is 4.98 Å². The molecule has 0 saturated carbocycles.